The molecule has 1 aromatic rings. The lowest BCUT2D eigenvalue weighted by molar-refractivity contribution is -0.385. The van der Waals surface area contributed by atoms with Gasteiger partial charge in [-0.05, 0) is 13.0 Å². The third-order valence-electron chi connectivity index (χ3n) is 2.95. The predicted molar refractivity (Wildman–Crippen MR) is 89.0 cm³/mol. The third-order valence-corrected chi connectivity index (χ3v) is 2.95. The van der Waals surface area contributed by atoms with Crippen molar-refractivity contribution in [3.05, 3.63) is 27.8 Å². The van der Waals surface area contributed by atoms with Crippen LogP contribution in [0.15, 0.2) is 12.1 Å². The summed E-state index contributed by atoms with van der Waals surface area (Å²) in [6, 6.07) is 1.75. The van der Waals surface area contributed by atoms with Crippen LogP contribution >= 0.6 is 12.4 Å². The summed E-state index contributed by atoms with van der Waals surface area (Å²) in [5, 5.41) is 16.7. The first-order valence-electron chi connectivity index (χ1n) is 7.20. The zero-order valence-electron chi connectivity index (χ0n) is 13.7. The van der Waals surface area contributed by atoms with Crippen LogP contribution in [0.25, 0.3) is 0 Å². The quantitative estimate of drug-likeness (QED) is 0.365. The van der Waals surface area contributed by atoms with Crippen molar-refractivity contribution in [2.24, 2.45) is 0 Å². The lowest BCUT2D eigenvalue weighted by Crippen LogP contribution is -2.32. The summed E-state index contributed by atoms with van der Waals surface area (Å²) in [5.74, 6) is -1.42. The van der Waals surface area contributed by atoms with Gasteiger partial charge in [-0.15, -0.1) is 12.4 Å². The summed E-state index contributed by atoms with van der Waals surface area (Å²) in [4.78, 5) is 22.4. The zero-order valence-corrected chi connectivity index (χ0v) is 14.5. The number of hydrogen-bond acceptors (Lipinski definition) is 6. The number of carbonyl (C=O) groups is 1. The topological polar surface area (TPSA) is 103 Å². The molecule has 0 fully saturated rings. The molecule has 0 spiro atoms. The van der Waals surface area contributed by atoms with Crippen LogP contribution < -0.4 is 20.1 Å². The highest BCUT2D eigenvalue weighted by Gasteiger charge is 2.25. The van der Waals surface area contributed by atoms with Crippen molar-refractivity contribution >= 4 is 24.0 Å². The van der Waals surface area contributed by atoms with Gasteiger partial charge in [-0.25, -0.2) is 0 Å². The highest BCUT2D eigenvalue weighted by atomic mass is 35.5. The van der Waals surface area contributed by atoms with Crippen LogP contribution in [0.3, 0.4) is 0 Å². The van der Waals surface area contributed by atoms with E-state index in [1.165, 1.54) is 7.11 Å². The average molecular weight is 384 g/mol. The first kappa shape index (κ1) is 22.8. The van der Waals surface area contributed by atoms with Gasteiger partial charge in [0.1, 0.15) is 5.56 Å². The van der Waals surface area contributed by atoms with Crippen LogP contribution in [0.2, 0.25) is 0 Å². The fourth-order valence-electron chi connectivity index (χ4n) is 1.89. The third kappa shape index (κ3) is 7.06. The van der Waals surface area contributed by atoms with Gasteiger partial charge in [-0.3, -0.25) is 14.9 Å². The Bertz CT molecular complexity index is 590. The molecule has 25 heavy (non-hydrogen) atoms. The summed E-state index contributed by atoms with van der Waals surface area (Å²) in [5.41, 5.74) is -0.945. The van der Waals surface area contributed by atoms with Crippen molar-refractivity contribution in [2.75, 3.05) is 26.7 Å². The van der Waals surface area contributed by atoms with Crippen molar-refractivity contribution in [3.63, 3.8) is 0 Å². The van der Waals surface area contributed by atoms with E-state index in [0.717, 1.165) is 25.1 Å². The Balaban J connectivity index is 0.00000576. The zero-order chi connectivity index (χ0) is 18.1. The molecule has 0 saturated carbocycles. The summed E-state index contributed by atoms with van der Waals surface area (Å²) in [6.07, 6.45) is 0.933. The van der Waals surface area contributed by atoms with Crippen LogP contribution in [0, 0.1) is 10.1 Å². The van der Waals surface area contributed by atoms with E-state index in [9.17, 15) is 23.7 Å². The van der Waals surface area contributed by atoms with E-state index in [4.69, 9.17) is 4.74 Å². The van der Waals surface area contributed by atoms with Crippen LogP contribution in [0.4, 0.5) is 14.5 Å². The van der Waals surface area contributed by atoms with Crippen molar-refractivity contribution in [1.29, 1.82) is 0 Å². The summed E-state index contributed by atoms with van der Waals surface area (Å²) >= 11 is 0. The number of halogens is 3. The molecule has 0 unspecified atom stereocenters. The number of methoxy groups -OCH3 is 1. The Labute approximate surface area is 149 Å². The molecule has 11 heteroatoms. The molecular weight excluding hydrogens is 364 g/mol. The van der Waals surface area contributed by atoms with Crippen LogP contribution in [0.1, 0.15) is 23.7 Å². The second-order valence-electron chi connectivity index (χ2n) is 4.66. The number of alkyl halides is 2. The predicted octanol–water partition coefficient (Wildman–Crippen LogP) is 2.36. The van der Waals surface area contributed by atoms with Gasteiger partial charge in [0.05, 0.1) is 18.1 Å². The smallest absolute Gasteiger partial charge is 0.387 e. The monoisotopic (exact) mass is 383 g/mol. The van der Waals surface area contributed by atoms with Crippen molar-refractivity contribution < 1.29 is 28.0 Å². The fourth-order valence-corrected chi connectivity index (χ4v) is 1.89. The number of benzene rings is 1. The lowest BCUT2D eigenvalue weighted by atomic mass is 10.1. The first-order chi connectivity index (χ1) is 11.4. The van der Waals surface area contributed by atoms with Gasteiger partial charge in [0.2, 0.25) is 0 Å². The molecule has 0 radical (unpaired) electrons. The summed E-state index contributed by atoms with van der Waals surface area (Å²) in [7, 11) is 1.18. The maximum Gasteiger partial charge on any atom is 0.387 e. The Hall–Kier alpha value is -2.20. The van der Waals surface area contributed by atoms with Crippen LogP contribution in [-0.2, 0) is 0 Å². The highest BCUT2D eigenvalue weighted by molar-refractivity contribution is 5.99. The van der Waals surface area contributed by atoms with Gasteiger partial charge in [-0.2, -0.15) is 8.78 Å². The van der Waals surface area contributed by atoms with Crippen molar-refractivity contribution in [3.8, 4) is 11.5 Å². The van der Waals surface area contributed by atoms with Gasteiger partial charge in [0, 0.05) is 19.2 Å². The van der Waals surface area contributed by atoms with E-state index in [1.807, 2.05) is 6.92 Å². The summed E-state index contributed by atoms with van der Waals surface area (Å²) in [6.45, 7) is 0.348. The van der Waals surface area contributed by atoms with E-state index < -0.39 is 28.9 Å². The highest BCUT2D eigenvalue weighted by Crippen LogP contribution is 2.35. The van der Waals surface area contributed by atoms with Gasteiger partial charge in [-0.1, -0.05) is 6.92 Å². The Morgan fingerprint density at radius 1 is 1.28 bits per heavy atom. The normalized spacial score (nSPS) is 10.1. The van der Waals surface area contributed by atoms with Gasteiger partial charge < -0.3 is 20.1 Å². The molecule has 0 aliphatic heterocycles. The number of nitrogens with one attached hydrogen (secondary N) is 2. The van der Waals surface area contributed by atoms with Crippen LogP contribution in [0.5, 0.6) is 11.5 Å². The SMILES string of the molecule is CCCNCCNC(=O)c1cc(OC)c(OC(F)F)cc1[N+](=O)[O-].Cl. The Morgan fingerprint density at radius 3 is 2.48 bits per heavy atom. The standard InChI is InChI=1S/C14H19F2N3O5.ClH/c1-3-4-17-5-6-18-13(20)9-7-11(23-2)12(24-14(15)16)8-10(9)19(21)22;/h7-8,14,17H,3-6H2,1-2H3,(H,18,20);1H. The molecule has 0 aliphatic rings. The molecule has 0 heterocycles. The minimum absolute atomic E-state index is 0. The molecule has 1 amide bonds. The van der Waals surface area contributed by atoms with Crippen molar-refractivity contribution in [1.82, 2.24) is 10.6 Å². The minimum Gasteiger partial charge on any atom is -0.493 e. The molecule has 1 rings (SSSR count). The summed E-state index contributed by atoms with van der Waals surface area (Å²) < 4.78 is 33.8. The molecule has 0 bridgehead atoms. The molecule has 2 N–H and O–H groups in total. The Morgan fingerprint density at radius 2 is 1.96 bits per heavy atom. The molecule has 0 aliphatic carbocycles. The number of hydrogen-bond donors (Lipinski definition) is 2. The molecule has 0 atom stereocenters. The van der Waals surface area contributed by atoms with Gasteiger partial charge in [0.25, 0.3) is 11.6 Å². The number of nitrogens with zero attached hydrogens (tertiary/aromatic N) is 1. The molecule has 8 nitrogen and oxygen atoms in total. The number of ether oxygens (including phenoxy) is 2. The van der Waals surface area contributed by atoms with E-state index in [2.05, 4.69) is 15.4 Å². The van der Waals surface area contributed by atoms with E-state index in [-0.39, 0.29) is 30.3 Å². The lowest BCUT2D eigenvalue weighted by Gasteiger charge is -2.12. The fraction of sp³-hybridized carbons (Fsp3) is 0.500. The second-order valence-corrected chi connectivity index (χ2v) is 4.66. The second kappa shape index (κ2) is 11.4. The molecule has 1 aromatic carbocycles. The van der Waals surface area contributed by atoms with Gasteiger partial charge >= 0.3 is 6.61 Å². The van der Waals surface area contributed by atoms with E-state index in [1.54, 1.807) is 0 Å². The van der Waals surface area contributed by atoms with Gasteiger partial charge in [0.15, 0.2) is 11.5 Å². The minimum atomic E-state index is -3.18. The van der Waals surface area contributed by atoms with E-state index >= 15 is 0 Å². The maximum absolute atomic E-state index is 12.4. The number of rotatable bonds is 10. The Kier molecular flexibility index (Phi) is 10.4. The average Bonchev–Trinajstić information content (AvgIpc) is 2.53. The van der Waals surface area contributed by atoms with Crippen LogP contribution in [-0.4, -0.2) is 44.2 Å². The number of nitro groups is 1. The number of amides is 1. The molecule has 0 saturated heterocycles. The molecule has 142 valence electrons. The van der Waals surface area contributed by atoms with Crippen molar-refractivity contribution in [2.45, 2.75) is 20.0 Å². The number of carbonyl (C=O) groups excluding carboxylic acids is 1. The van der Waals surface area contributed by atoms with E-state index in [0.29, 0.717) is 6.54 Å². The molecule has 0 aromatic heterocycles. The first-order valence-corrected chi connectivity index (χ1v) is 7.20. The number of nitro benzene ring substituents is 1. The molecular formula is C14H20ClF2N3O5. The largest absolute Gasteiger partial charge is 0.493 e. The maximum atomic E-state index is 12.4.